The summed E-state index contributed by atoms with van der Waals surface area (Å²) in [5.41, 5.74) is 23.4. The van der Waals surface area contributed by atoms with Gasteiger partial charge in [-0.2, -0.15) is 0 Å². The zero-order chi connectivity index (χ0) is 23.3. The number of carboxylic acids is 1. The molecule has 0 heterocycles. The van der Waals surface area contributed by atoms with Crippen LogP contribution in [0, 0.1) is 0 Å². The highest BCUT2D eigenvalue weighted by atomic mass is 16.5. The number of carboxylic acid groups (broad SMARTS) is 1. The van der Waals surface area contributed by atoms with Crippen molar-refractivity contribution in [2.24, 2.45) is 22.9 Å². The first-order valence-electron chi connectivity index (χ1n) is 10.4. The zero-order valence-electron chi connectivity index (χ0n) is 17.7. The number of rotatable bonds is 17. The highest BCUT2D eigenvalue weighted by molar-refractivity contribution is 5.70. The maximum atomic E-state index is 11.4. The molecule has 0 radical (unpaired) electrons. The second-order valence-electron chi connectivity index (χ2n) is 8.02. The second-order valence-corrected chi connectivity index (χ2v) is 8.02. The molecule has 0 rings (SSSR count). The van der Waals surface area contributed by atoms with Gasteiger partial charge in [-0.3, -0.25) is 9.59 Å². The summed E-state index contributed by atoms with van der Waals surface area (Å²) in [5.74, 6) is -1.45. The first kappa shape index (κ1) is 28.7. The molecule has 7 unspecified atom stereocenters. The maximum Gasteiger partial charge on any atom is 0.307 e. The molecule has 0 aromatic heterocycles. The molecule has 30 heavy (non-hydrogen) atoms. The molecule has 0 aromatic rings. The summed E-state index contributed by atoms with van der Waals surface area (Å²) in [6.07, 6.45) is -1.68. The Morgan fingerprint density at radius 2 is 1.03 bits per heavy atom. The monoisotopic (exact) mass is 436 g/mol. The summed E-state index contributed by atoms with van der Waals surface area (Å²) in [7, 11) is 0. The molecule has 0 aliphatic carbocycles. The number of carbonyl (C=O) groups excluding carboxylic acids is 1. The van der Waals surface area contributed by atoms with Gasteiger partial charge in [-0.05, 0) is 45.4 Å². The van der Waals surface area contributed by atoms with Crippen molar-refractivity contribution in [3.63, 3.8) is 0 Å². The molecule has 7 atom stereocenters. The first-order chi connectivity index (χ1) is 13.9. The minimum Gasteiger partial charge on any atom is -0.481 e. The number of hydrogen-bond donors (Lipinski definition) is 8. The fourth-order valence-electron chi connectivity index (χ4n) is 3.40. The fourth-order valence-corrected chi connectivity index (χ4v) is 3.40. The molecule has 11 heteroatoms. The molecule has 178 valence electrons. The minimum absolute atomic E-state index is 0.00999. The molecule has 0 amide bonds. The van der Waals surface area contributed by atoms with Gasteiger partial charge < -0.3 is 48.1 Å². The van der Waals surface area contributed by atoms with Crippen LogP contribution in [0.15, 0.2) is 0 Å². The Labute approximate surface area is 177 Å². The van der Waals surface area contributed by atoms with Crippen molar-refractivity contribution in [3.8, 4) is 0 Å². The van der Waals surface area contributed by atoms with Crippen molar-refractivity contribution < 1.29 is 34.8 Å². The summed E-state index contributed by atoms with van der Waals surface area (Å²) in [5, 5.41) is 38.9. The summed E-state index contributed by atoms with van der Waals surface area (Å²) in [4.78, 5) is 22.0. The first-order valence-corrected chi connectivity index (χ1v) is 10.4. The number of aliphatic hydroxyl groups is 3. The van der Waals surface area contributed by atoms with Crippen LogP contribution in [-0.2, 0) is 14.3 Å². The highest BCUT2D eigenvalue weighted by Gasteiger charge is 2.22. The van der Waals surface area contributed by atoms with Crippen LogP contribution in [0.1, 0.15) is 58.3 Å². The van der Waals surface area contributed by atoms with Gasteiger partial charge in [0.2, 0.25) is 0 Å². The Bertz CT molecular complexity index is 498. The van der Waals surface area contributed by atoms with E-state index in [9.17, 15) is 24.9 Å². The summed E-state index contributed by atoms with van der Waals surface area (Å²) >= 11 is 0. The molecule has 0 fully saturated rings. The van der Waals surface area contributed by atoms with Crippen LogP contribution in [0.4, 0.5) is 0 Å². The van der Waals surface area contributed by atoms with Gasteiger partial charge in [0.15, 0.2) is 0 Å². The number of nitrogens with two attached hydrogens (primary N) is 4. The Morgan fingerprint density at radius 1 is 0.700 bits per heavy atom. The van der Waals surface area contributed by atoms with E-state index in [2.05, 4.69) is 0 Å². The van der Waals surface area contributed by atoms with Crippen LogP contribution in [0.25, 0.3) is 0 Å². The number of aliphatic hydroxyl groups excluding tert-OH is 3. The lowest BCUT2D eigenvalue weighted by atomic mass is 9.94. The normalized spacial score (nSPS) is 18.7. The summed E-state index contributed by atoms with van der Waals surface area (Å²) in [6, 6.07) is -2.22. The molecular weight excluding hydrogens is 396 g/mol. The molecule has 11 nitrogen and oxygen atoms in total. The Hall–Kier alpha value is -1.34. The molecule has 0 bridgehead atoms. The highest BCUT2D eigenvalue weighted by Crippen LogP contribution is 2.14. The molecule has 0 spiro atoms. The van der Waals surface area contributed by atoms with Gasteiger partial charge in [0.1, 0.15) is 0 Å². The molecule has 0 aromatic carbocycles. The van der Waals surface area contributed by atoms with Crippen molar-refractivity contribution in [3.05, 3.63) is 0 Å². The largest absolute Gasteiger partial charge is 0.481 e. The van der Waals surface area contributed by atoms with Gasteiger partial charge in [-0.1, -0.05) is 0 Å². The average molecular weight is 437 g/mol. The lowest BCUT2D eigenvalue weighted by Gasteiger charge is -2.24. The van der Waals surface area contributed by atoms with Crippen LogP contribution in [0.2, 0.25) is 0 Å². The Kier molecular flexibility index (Phi) is 14.8. The SMILES string of the molecule is CCOC(=O)CC(N)CC(O)CC(N)CC(O)CC(N)CC(O)CC(N)CC(=O)O. The standard InChI is InChI=1S/C19H40N4O7/c1-2-30-19(29)10-14(23)8-17(26)6-12(21)4-15(24)3-11(20)5-16(25)7-13(22)9-18(27)28/h11-17,24-26H,2-10,20-23H2,1H3,(H,27,28). The van der Waals surface area contributed by atoms with Crippen LogP contribution in [0.5, 0.6) is 0 Å². The van der Waals surface area contributed by atoms with Crippen molar-refractivity contribution in [2.75, 3.05) is 6.61 Å². The van der Waals surface area contributed by atoms with E-state index >= 15 is 0 Å². The van der Waals surface area contributed by atoms with E-state index in [4.69, 9.17) is 32.8 Å². The quantitative estimate of drug-likeness (QED) is 0.118. The minimum atomic E-state index is -1.03. The lowest BCUT2D eigenvalue weighted by molar-refractivity contribution is -0.143. The third-order valence-corrected chi connectivity index (χ3v) is 4.62. The molecule has 0 saturated carbocycles. The average Bonchev–Trinajstić information content (AvgIpc) is 2.52. The van der Waals surface area contributed by atoms with E-state index in [1.807, 2.05) is 0 Å². The van der Waals surface area contributed by atoms with Crippen LogP contribution >= 0.6 is 0 Å². The summed E-state index contributed by atoms with van der Waals surface area (Å²) in [6.45, 7) is 1.97. The predicted octanol–water partition coefficient (Wildman–Crippen LogP) is -1.85. The van der Waals surface area contributed by atoms with Crippen molar-refractivity contribution >= 4 is 11.9 Å². The van der Waals surface area contributed by atoms with Gasteiger partial charge in [-0.25, -0.2) is 0 Å². The Balaban J connectivity index is 4.17. The predicted molar refractivity (Wildman–Crippen MR) is 111 cm³/mol. The van der Waals surface area contributed by atoms with E-state index in [0.29, 0.717) is 0 Å². The van der Waals surface area contributed by atoms with Gasteiger partial charge in [0, 0.05) is 24.2 Å². The van der Waals surface area contributed by atoms with Gasteiger partial charge in [-0.15, -0.1) is 0 Å². The van der Waals surface area contributed by atoms with E-state index in [-0.39, 0.29) is 58.0 Å². The Morgan fingerprint density at radius 3 is 1.37 bits per heavy atom. The van der Waals surface area contributed by atoms with E-state index in [0.717, 1.165) is 0 Å². The molecule has 0 aliphatic heterocycles. The van der Waals surface area contributed by atoms with E-state index in [1.54, 1.807) is 6.92 Å². The number of esters is 1. The number of hydrogen-bond acceptors (Lipinski definition) is 10. The zero-order valence-corrected chi connectivity index (χ0v) is 17.7. The molecular formula is C19H40N4O7. The fraction of sp³-hybridized carbons (Fsp3) is 0.895. The molecule has 0 saturated heterocycles. The third kappa shape index (κ3) is 15.5. The van der Waals surface area contributed by atoms with Gasteiger partial charge in [0.25, 0.3) is 0 Å². The van der Waals surface area contributed by atoms with Crippen LogP contribution in [-0.4, -0.2) is 81.5 Å². The smallest absolute Gasteiger partial charge is 0.307 e. The third-order valence-electron chi connectivity index (χ3n) is 4.62. The second kappa shape index (κ2) is 15.5. The van der Waals surface area contributed by atoms with Crippen molar-refractivity contribution in [2.45, 2.75) is 101 Å². The van der Waals surface area contributed by atoms with Gasteiger partial charge in [0.05, 0.1) is 37.8 Å². The van der Waals surface area contributed by atoms with Gasteiger partial charge >= 0.3 is 11.9 Å². The van der Waals surface area contributed by atoms with E-state index < -0.39 is 54.4 Å². The lowest BCUT2D eigenvalue weighted by Crippen LogP contribution is -2.37. The number of aliphatic carboxylic acids is 1. The van der Waals surface area contributed by atoms with Crippen LogP contribution < -0.4 is 22.9 Å². The van der Waals surface area contributed by atoms with Crippen molar-refractivity contribution in [1.29, 1.82) is 0 Å². The molecule has 12 N–H and O–H groups in total. The number of ether oxygens (including phenoxy) is 1. The topological polar surface area (TPSA) is 228 Å². The maximum absolute atomic E-state index is 11.4. The van der Waals surface area contributed by atoms with Crippen LogP contribution in [0.3, 0.4) is 0 Å². The van der Waals surface area contributed by atoms with E-state index in [1.165, 1.54) is 0 Å². The molecule has 0 aliphatic rings. The number of carbonyl (C=O) groups is 2. The van der Waals surface area contributed by atoms with Crippen molar-refractivity contribution in [1.82, 2.24) is 0 Å². The summed E-state index contributed by atoms with van der Waals surface area (Å²) < 4.78 is 4.81.